The van der Waals surface area contributed by atoms with E-state index < -0.39 is 95.4 Å². The number of Topliss-reactive ketones (excluding diaryl/α,β-unsaturated/α-hetero) is 2. The van der Waals surface area contributed by atoms with Crippen molar-refractivity contribution < 1.29 is 73.5 Å². The molecule has 4 fully saturated rings. The molecule has 2 bridgehead atoms. The monoisotopic (exact) mass is 1080 g/mol. The van der Waals surface area contributed by atoms with Crippen LogP contribution in [0.25, 0.3) is 11.8 Å². The number of carbonyl (C=O) groups is 4. The molecular weight excluding hydrogens is 1010 g/mol. The summed E-state index contributed by atoms with van der Waals surface area (Å²) < 4.78 is 33.1. The molecule has 11 rings (SSSR count). The van der Waals surface area contributed by atoms with Crippen molar-refractivity contribution in [1.29, 1.82) is 0 Å². The Kier molecular flexibility index (Phi) is 14.9. The lowest BCUT2D eigenvalue weighted by Crippen LogP contribution is -2.79. The second-order valence-corrected chi connectivity index (χ2v) is 23.0. The van der Waals surface area contributed by atoms with E-state index in [2.05, 4.69) is 11.4 Å². The number of fused-ring (bicyclic) bond motifs is 8. The highest BCUT2D eigenvalue weighted by Crippen LogP contribution is 2.70. The number of nitrogens with zero attached hydrogens (tertiary/aromatic N) is 1. The minimum absolute atomic E-state index is 0.00713. The van der Waals surface area contributed by atoms with E-state index in [0.717, 1.165) is 11.1 Å². The molecule has 7 N–H and O–H groups in total. The molecule has 3 saturated carbocycles. The number of ether oxygens (including phenoxy) is 5. The molecule has 0 aromatic heterocycles. The second-order valence-electron chi connectivity index (χ2n) is 23.0. The van der Waals surface area contributed by atoms with Crippen LogP contribution in [0.5, 0.6) is 23.0 Å². The molecule has 418 valence electrons. The maximum Gasteiger partial charge on any atom is 0.343 e. The number of amides is 1. The van der Waals surface area contributed by atoms with Gasteiger partial charge in [-0.3, -0.25) is 19.4 Å². The molecule has 1 spiro atoms. The first-order valence-electron chi connectivity index (χ1n) is 27.3. The van der Waals surface area contributed by atoms with Crippen LogP contribution < -0.4 is 24.3 Å². The Morgan fingerprint density at radius 2 is 1.61 bits per heavy atom. The summed E-state index contributed by atoms with van der Waals surface area (Å²) in [6, 6.07) is 12.9. The summed E-state index contributed by atoms with van der Waals surface area (Å²) in [7, 11) is 0. The number of hydrogen-bond donors (Lipinski definition) is 7. The lowest BCUT2D eigenvalue weighted by Gasteiger charge is -2.66. The van der Waals surface area contributed by atoms with Gasteiger partial charge >= 0.3 is 5.97 Å². The number of hydrogen-bond acceptors (Lipinski definition) is 16. The van der Waals surface area contributed by atoms with Crippen molar-refractivity contribution in [2.75, 3.05) is 19.8 Å². The molecule has 4 heterocycles. The molecule has 17 heteroatoms. The summed E-state index contributed by atoms with van der Waals surface area (Å²) in [6.45, 7) is 14.6. The number of aliphatic hydroxyl groups excluding tert-OH is 5. The Bertz CT molecular complexity index is 3190. The number of esters is 1. The van der Waals surface area contributed by atoms with Gasteiger partial charge in [-0.05, 0) is 110 Å². The summed E-state index contributed by atoms with van der Waals surface area (Å²) in [6.07, 6.45) is 3.23. The van der Waals surface area contributed by atoms with E-state index in [1.807, 2.05) is 78.8 Å². The van der Waals surface area contributed by atoms with Crippen molar-refractivity contribution in [1.82, 2.24) is 5.32 Å². The van der Waals surface area contributed by atoms with Gasteiger partial charge < -0.3 is 59.6 Å². The molecule has 1 saturated heterocycles. The summed E-state index contributed by atoms with van der Waals surface area (Å²) in [5, 5.41) is 67.2. The molecule has 4 aliphatic carbocycles. The Morgan fingerprint density at radius 1 is 0.899 bits per heavy atom. The van der Waals surface area contributed by atoms with E-state index in [-0.39, 0.29) is 78.1 Å². The largest absolute Gasteiger partial charge is 0.482 e. The van der Waals surface area contributed by atoms with Crippen molar-refractivity contribution in [3.63, 3.8) is 0 Å². The average Bonchev–Trinajstić information content (AvgIpc) is 1.78. The van der Waals surface area contributed by atoms with Crippen LogP contribution in [0.15, 0.2) is 100 Å². The van der Waals surface area contributed by atoms with Gasteiger partial charge in [0.1, 0.15) is 47.3 Å². The first-order chi connectivity index (χ1) is 37.6. The normalized spacial score (nSPS) is 30.7. The fourth-order valence-electron chi connectivity index (χ4n) is 12.9. The van der Waals surface area contributed by atoms with Gasteiger partial charge in [0.25, 0.3) is 0 Å². The maximum atomic E-state index is 15.8. The molecule has 3 aromatic rings. The Hall–Kier alpha value is -6.57. The zero-order valence-corrected chi connectivity index (χ0v) is 45.7. The van der Waals surface area contributed by atoms with Gasteiger partial charge in [-0.1, -0.05) is 67.5 Å². The quantitative estimate of drug-likeness (QED) is 0.0358. The van der Waals surface area contributed by atoms with E-state index in [0.29, 0.717) is 57.8 Å². The van der Waals surface area contributed by atoms with E-state index in [1.165, 1.54) is 30.3 Å². The van der Waals surface area contributed by atoms with E-state index in [4.69, 9.17) is 28.7 Å². The van der Waals surface area contributed by atoms with Crippen LogP contribution in [0, 0.1) is 29.6 Å². The number of nitrogens with one attached hydrogen (secondary N) is 1. The van der Waals surface area contributed by atoms with E-state index in [1.54, 1.807) is 19.1 Å². The molecule has 1 amide bonds. The number of rotatable bonds is 16. The third-order valence-electron chi connectivity index (χ3n) is 16.9. The molecular formula is C62H70N2O15. The van der Waals surface area contributed by atoms with Crippen molar-refractivity contribution in [3.8, 4) is 23.0 Å². The van der Waals surface area contributed by atoms with E-state index in [9.17, 15) is 45.0 Å². The van der Waals surface area contributed by atoms with Crippen molar-refractivity contribution >= 4 is 40.9 Å². The lowest BCUT2D eigenvalue weighted by atomic mass is 9.42. The molecule has 17 nitrogen and oxygen atoms in total. The Labute approximate surface area is 459 Å². The SMILES string of the molecule is CC(C)=CCCC1(C)C=Cc2c(c(CC=C(C)C)c3c(c2OC(=O)c2ccc(O[C@H]4O[C@@H](CO)[C@H](O)[C@@H](O)[C@@H]4O)cc2)C2=C4C(C5CC(C(C)C)C4(O3)C(O)(CC=C(C)C(=O)NCCO)C5=O)C3C(=O)c4ccccc4C3=N2)O1. The number of aliphatic imine (C=N–C) groups is 1. The van der Waals surface area contributed by atoms with Crippen LogP contribution >= 0.6 is 0 Å². The first-order valence-corrected chi connectivity index (χ1v) is 27.3. The van der Waals surface area contributed by atoms with Gasteiger partial charge in [0.2, 0.25) is 12.2 Å². The minimum Gasteiger partial charge on any atom is -0.482 e. The van der Waals surface area contributed by atoms with Gasteiger partial charge in [-0.15, -0.1) is 0 Å². The summed E-state index contributed by atoms with van der Waals surface area (Å²) in [5.41, 5.74) is 0.661. The average molecular weight is 1080 g/mol. The fraction of sp³-hybridized carbons (Fsp3) is 0.468. The number of aliphatic hydroxyl groups is 6. The topological polar surface area (TPSA) is 260 Å². The van der Waals surface area contributed by atoms with Crippen LogP contribution in [0.1, 0.15) is 124 Å². The van der Waals surface area contributed by atoms with E-state index >= 15 is 4.79 Å². The smallest absolute Gasteiger partial charge is 0.343 e. The van der Waals surface area contributed by atoms with Gasteiger partial charge in [-0.2, -0.15) is 0 Å². The lowest BCUT2D eigenvalue weighted by molar-refractivity contribution is -0.277. The van der Waals surface area contributed by atoms with Crippen LogP contribution in [-0.4, -0.2) is 127 Å². The summed E-state index contributed by atoms with van der Waals surface area (Å²) in [5.74, 6) is -4.89. The molecule has 3 aromatic carbocycles. The number of allylic oxidation sites excluding steroid dienone is 4. The van der Waals surface area contributed by atoms with Crippen molar-refractivity contribution in [2.45, 2.75) is 135 Å². The number of carbonyl (C=O) groups excluding carboxylic acids is 4. The highest BCUT2D eigenvalue weighted by molar-refractivity contribution is 6.31. The third kappa shape index (κ3) is 9.20. The molecule has 79 heavy (non-hydrogen) atoms. The number of ketones is 2. The van der Waals surface area contributed by atoms with Crippen molar-refractivity contribution in [2.24, 2.45) is 34.6 Å². The predicted molar refractivity (Wildman–Crippen MR) is 292 cm³/mol. The summed E-state index contributed by atoms with van der Waals surface area (Å²) in [4.78, 5) is 64.6. The first kappa shape index (κ1) is 55.7. The molecule has 0 radical (unpaired) electrons. The second kappa shape index (κ2) is 21.2. The van der Waals surface area contributed by atoms with Crippen LogP contribution in [-0.2, 0) is 20.7 Å². The highest BCUT2D eigenvalue weighted by Gasteiger charge is 2.78. The van der Waals surface area contributed by atoms with Crippen LogP contribution in [0.3, 0.4) is 0 Å². The third-order valence-corrected chi connectivity index (χ3v) is 16.9. The molecule has 4 aliphatic heterocycles. The zero-order valence-electron chi connectivity index (χ0n) is 45.7. The highest BCUT2D eigenvalue weighted by atomic mass is 16.7. The Balaban J connectivity index is 1.21. The van der Waals surface area contributed by atoms with Crippen molar-refractivity contribution in [3.05, 3.63) is 129 Å². The van der Waals surface area contributed by atoms with Gasteiger partial charge in [0.05, 0.1) is 47.2 Å². The molecule has 7 unspecified atom stereocenters. The number of benzene rings is 3. The fourth-order valence-corrected chi connectivity index (χ4v) is 12.9. The summed E-state index contributed by atoms with van der Waals surface area (Å²) >= 11 is 0. The zero-order chi connectivity index (χ0) is 56.6. The van der Waals surface area contributed by atoms with Crippen LogP contribution in [0.2, 0.25) is 0 Å². The van der Waals surface area contributed by atoms with Gasteiger partial charge in [-0.25, -0.2) is 4.79 Å². The standard InChI is InChI=1S/C62H70N2O15/c1-30(2)12-11-23-60(8)24-22-39-53(78-60)38(20-15-31(3)4)55-45(54(39)77-58(73)34-16-18-35(19-17-34)75-59-52(70)51(69)50(68)42(29-66)76-59)48-46-43(44-47(64-48)36-13-9-10-14-37(36)49(44)67)40-28-41(32(5)6)62(46,79-55)61(74,56(40)71)25-21-33(7)57(72)63-26-27-65/h9-10,12-19,21-22,24,32,40-44,50-52,59,65-66,68-70,74H,11,20,23,25-29H2,1-8H3,(H,63,72)/t40?,41?,42-,43?,44?,50-,51+,52-,59-,60?,61?,62?/m0/s1. The predicted octanol–water partition coefficient (Wildman–Crippen LogP) is 6.33. The minimum atomic E-state index is -2.35. The molecule has 12 atom stereocenters. The maximum absolute atomic E-state index is 15.8. The van der Waals surface area contributed by atoms with Gasteiger partial charge in [0, 0.05) is 58.6 Å². The Morgan fingerprint density at radius 3 is 2.28 bits per heavy atom. The molecule has 8 aliphatic rings. The van der Waals surface area contributed by atoms with Gasteiger partial charge in [0.15, 0.2) is 28.5 Å². The van der Waals surface area contributed by atoms with Crippen LogP contribution in [0.4, 0.5) is 0 Å².